The van der Waals surface area contributed by atoms with Crippen LogP contribution in [-0.2, 0) is 21.2 Å². The fourth-order valence-corrected chi connectivity index (χ4v) is 4.46. The van der Waals surface area contributed by atoms with Crippen molar-refractivity contribution in [2.24, 2.45) is 0 Å². The Morgan fingerprint density at radius 3 is 2.67 bits per heavy atom. The minimum absolute atomic E-state index is 0.00239. The Bertz CT molecular complexity index is 873. The Kier molecular flexibility index (Phi) is 7.65. The number of nitrogens with zero attached hydrogens (tertiary/aromatic N) is 1. The third-order valence-corrected chi connectivity index (χ3v) is 6.76. The molecule has 3 rings (SSSR count). The van der Waals surface area contributed by atoms with E-state index >= 15 is 0 Å². The highest BCUT2D eigenvalue weighted by Gasteiger charge is 2.25. The van der Waals surface area contributed by atoms with Crippen LogP contribution in [0.25, 0.3) is 0 Å². The van der Waals surface area contributed by atoms with Gasteiger partial charge in [0.2, 0.25) is 15.9 Å². The van der Waals surface area contributed by atoms with Crippen molar-refractivity contribution in [3.8, 4) is 5.75 Å². The van der Waals surface area contributed by atoms with Gasteiger partial charge in [0.1, 0.15) is 6.54 Å². The van der Waals surface area contributed by atoms with Crippen molar-refractivity contribution in [2.45, 2.75) is 51.0 Å². The lowest BCUT2D eigenvalue weighted by atomic mass is 9.96. The first-order valence-electron chi connectivity index (χ1n) is 10.3. The van der Waals surface area contributed by atoms with E-state index in [4.69, 9.17) is 4.74 Å². The maximum Gasteiger partial charge on any atom is 0.324 e. The fourth-order valence-electron chi connectivity index (χ4n) is 3.32. The second-order valence-corrected chi connectivity index (χ2v) is 9.66. The van der Waals surface area contributed by atoms with Crippen LogP contribution in [0.3, 0.4) is 0 Å². The summed E-state index contributed by atoms with van der Waals surface area (Å²) in [6.07, 6.45) is 5.23. The lowest BCUT2D eigenvalue weighted by Gasteiger charge is -2.26. The van der Waals surface area contributed by atoms with Crippen molar-refractivity contribution >= 4 is 22.0 Å². The van der Waals surface area contributed by atoms with Crippen LogP contribution in [0.5, 0.6) is 5.75 Å². The molecule has 1 saturated carbocycles. The van der Waals surface area contributed by atoms with E-state index < -0.39 is 21.9 Å². The van der Waals surface area contributed by atoms with Crippen molar-refractivity contribution in [1.82, 2.24) is 14.9 Å². The minimum Gasteiger partial charge on any atom is -0.487 e. The number of urea groups is 1. The molecule has 0 unspecified atom stereocenters. The van der Waals surface area contributed by atoms with Crippen molar-refractivity contribution < 1.29 is 27.1 Å². The first kappa shape index (κ1) is 22.5. The highest BCUT2D eigenvalue weighted by molar-refractivity contribution is 7.89. The standard InChI is InChI=1S/C20H28FN3O5S/c21-17-8-7-15(13-18(17)29-16-5-4-6-16)9-10-22-30(27,28)12-3-1-2-11-24-14-19(25)23-20(24)26/h7-8,13,16,22H,1-6,9-12,14H2,(H,23,25,26). The molecule has 2 fully saturated rings. The Hall–Kier alpha value is -2.20. The number of nitrogens with one attached hydrogen (secondary N) is 2. The molecule has 8 nitrogen and oxygen atoms in total. The van der Waals surface area contributed by atoms with Gasteiger partial charge in [0.15, 0.2) is 11.6 Å². The molecule has 0 spiro atoms. The second kappa shape index (κ2) is 10.2. The molecule has 1 aliphatic carbocycles. The van der Waals surface area contributed by atoms with Gasteiger partial charge < -0.3 is 9.64 Å². The molecule has 0 atom stereocenters. The Morgan fingerprint density at radius 1 is 1.20 bits per heavy atom. The molecule has 3 amide bonds. The van der Waals surface area contributed by atoms with E-state index in [0.29, 0.717) is 32.2 Å². The van der Waals surface area contributed by atoms with E-state index in [9.17, 15) is 22.4 Å². The molecule has 1 aliphatic heterocycles. The maximum atomic E-state index is 13.9. The minimum atomic E-state index is -3.41. The number of amides is 3. The first-order chi connectivity index (χ1) is 14.3. The lowest BCUT2D eigenvalue weighted by molar-refractivity contribution is -0.118. The number of carbonyl (C=O) groups excluding carboxylic acids is 2. The lowest BCUT2D eigenvalue weighted by Crippen LogP contribution is -2.30. The van der Waals surface area contributed by atoms with E-state index in [2.05, 4.69) is 10.0 Å². The van der Waals surface area contributed by atoms with Crippen LogP contribution in [0, 0.1) is 5.82 Å². The van der Waals surface area contributed by atoms with E-state index in [1.807, 2.05) is 0 Å². The average Bonchev–Trinajstić information content (AvgIpc) is 2.97. The number of sulfonamides is 1. The van der Waals surface area contributed by atoms with E-state index in [-0.39, 0.29) is 36.6 Å². The van der Waals surface area contributed by atoms with Gasteiger partial charge in [-0.15, -0.1) is 0 Å². The van der Waals surface area contributed by atoms with Gasteiger partial charge >= 0.3 is 6.03 Å². The molecule has 10 heteroatoms. The predicted molar refractivity (Wildman–Crippen MR) is 109 cm³/mol. The van der Waals surface area contributed by atoms with Crippen LogP contribution >= 0.6 is 0 Å². The number of rotatable bonds is 12. The molecule has 0 bridgehead atoms. The second-order valence-electron chi connectivity index (χ2n) is 7.73. The molecular weight excluding hydrogens is 413 g/mol. The number of unbranched alkanes of at least 4 members (excludes halogenated alkanes) is 2. The fraction of sp³-hybridized carbons (Fsp3) is 0.600. The number of hydrogen-bond donors (Lipinski definition) is 2. The van der Waals surface area contributed by atoms with Gasteiger partial charge in [-0.25, -0.2) is 22.3 Å². The highest BCUT2D eigenvalue weighted by Crippen LogP contribution is 2.27. The number of benzene rings is 1. The number of carbonyl (C=O) groups is 2. The topological polar surface area (TPSA) is 105 Å². The van der Waals surface area contributed by atoms with Crippen molar-refractivity contribution in [3.63, 3.8) is 0 Å². The van der Waals surface area contributed by atoms with Gasteiger partial charge in [0, 0.05) is 13.1 Å². The molecule has 1 saturated heterocycles. The molecule has 0 aromatic heterocycles. The van der Waals surface area contributed by atoms with Gasteiger partial charge in [-0.1, -0.05) is 12.5 Å². The molecule has 1 heterocycles. The summed E-state index contributed by atoms with van der Waals surface area (Å²) in [5.41, 5.74) is 0.812. The average molecular weight is 442 g/mol. The Labute approximate surface area is 176 Å². The van der Waals surface area contributed by atoms with Crippen molar-refractivity contribution in [1.29, 1.82) is 0 Å². The van der Waals surface area contributed by atoms with Crippen LogP contribution in [-0.4, -0.2) is 56.7 Å². The third-order valence-electron chi connectivity index (χ3n) is 5.29. The number of halogens is 1. The zero-order valence-electron chi connectivity index (χ0n) is 16.9. The van der Waals surface area contributed by atoms with Crippen molar-refractivity contribution in [2.75, 3.05) is 25.4 Å². The first-order valence-corrected chi connectivity index (χ1v) is 12.0. The molecule has 166 valence electrons. The largest absolute Gasteiger partial charge is 0.487 e. The number of ether oxygens (including phenoxy) is 1. The monoisotopic (exact) mass is 441 g/mol. The SMILES string of the molecule is O=C1CN(CCCCCS(=O)(=O)NCCc2ccc(F)c(OC3CCC3)c2)C(=O)N1. The van der Waals surface area contributed by atoms with E-state index in [1.165, 1.54) is 11.0 Å². The summed E-state index contributed by atoms with van der Waals surface area (Å²) in [7, 11) is -3.41. The van der Waals surface area contributed by atoms with Crippen LogP contribution in [0.2, 0.25) is 0 Å². The summed E-state index contributed by atoms with van der Waals surface area (Å²) in [4.78, 5) is 23.9. The Morgan fingerprint density at radius 2 is 2.00 bits per heavy atom. The quantitative estimate of drug-likeness (QED) is 0.381. The summed E-state index contributed by atoms with van der Waals surface area (Å²) in [5.74, 6) is -0.484. The predicted octanol–water partition coefficient (Wildman–Crippen LogP) is 1.94. The van der Waals surface area contributed by atoms with Crippen molar-refractivity contribution in [3.05, 3.63) is 29.6 Å². The zero-order valence-corrected chi connectivity index (χ0v) is 17.7. The summed E-state index contributed by atoms with van der Waals surface area (Å²) in [6.45, 7) is 0.725. The summed E-state index contributed by atoms with van der Waals surface area (Å²) >= 11 is 0. The summed E-state index contributed by atoms with van der Waals surface area (Å²) in [6, 6.07) is 4.24. The molecule has 1 aromatic rings. The molecule has 2 N–H and O–H groups in total. The Balaban J connectivity index is 1.33. The zero-order chi connectivity index (χ0) is 21.6. The van der Waals surface area contributed by atoms with E-state index in [0.717, 1.165) is 24.8 Å². The maximum absolute atomic E-state index is 13.9. The van der Waals surface area contributed by atoms with Gasteiger partial charge in [0.25, 0.3) is 0 Å². The summed E-state index contributed by atoms with van der Waals surface area (Å²) in [5, 5.41) is 2.20. The van der Waals surface area contributed by atoms with E-state index in [1.54, 1.807) is 12.1 Å². The molecular formula is C20H28FN3O5S. The third kappa shape index (κ3) is 6.66. The van der Waals surface area contributed by atoms with Crippen LogP contribution in [0.1, 0.15) is 44.1 Å². The van der Waals surface area contributed by atoms with Gasteiger partial charge in [-0.05, 0) is 56.2 Å². The summed E-state index contributed by atoms with van der Waals surface area (Å²) < 4.78 is 46.3. The number of hydrogen-bond acceptors (Lipinski definition) is 5. The smallest absolute Gasteiger partial charge is 0.324 e. The van der Waals surface area contributed by atoms with Crippen LogP contribution < -0.4 is 14.8 Å². The molecule has 30 heavy (non-hydrogen) atoms. The van der Waals surface area contributed by atoms with Crippen LogP contribution in [0.15, 0.2) is 18.2 Å². The highest BCUT2D eigenvalue weighted by atomic mass is 32.2. The molecule has 0 radical (unpaired) electrons. The normalized spacial score (nSPS) is 17.2. The van der Waals surface area contributed by atoms with Gasteiger partial charge in [-0.2, -0.15) is 0 Å². The number of imide groups is 1. The molecule has 2 aliphatic rings. The van der Waals surface area contributed by atoms with Crippen LogP contribution in [0.4, 0.5) is 9.18 Å². The van der Waals surface area contributed by atoms with Gasteiger partial charge in [-0.3, -0.25) is 10.1 Å². The molecule has 1 aromatic carbocycles. The van der Waals surface area contributed by atoms with Gasteiger partial charge in [0.05, 0.1) is 11.9 Å².